The molecule has 0 saturated carbocycles. The second-order valence-corrected chi connectivity index (χ2v) is 8.09. The number of thiophene rings is 1. The highest BCUT2D eigenvalue weighted by molar-refractivity contribution is 7.16. The van der Waals surface area contributed by atoms with Crippen LogP contribution in [0.2, 0.25) is 0 Å². The van der Waals surface area contributed by atoms with E-state index in [4.69, 9.17) is 0 Å². The molecular formula is C23H21N5O4S. The Morgan fingerprint density at radius 2 is 1.73 bits per heavy atom. The van der Waals surface area contributed by atoms with Gasteiger partial charge in [-0.3, -0.25) is 19.7 Å². The molecule has 168 valence electrons. The summed E-state index contributed by atoms with van der Waals surface area (Å²) < 4.78 is 0. The number of nitrogens with zero attached hydrogens (tertiary/aromatic N) is 3. The van der Waals surface area contributed by atoms with Gasteiger partial charge in [0.2, 0.25) is 0 Å². The average Bonchev–Trinajstić information content (AvgIpc) is 3.29. The lowest BCUT2D eigenvalue weighted by molar-refractivity contribution is -0.380. The minimum Gasteiger partial charge on any atom is -0.378 e. The molecule has 0 unspecified atom stereocenters. The molecule has 3 aromatic rings. The monoisotopic (exact) mass is 463 g/mol. The molecule has 2 aromatic carbocycles. The number of benzene rings is 2. The summed E-state index contributed by atoms with van der Waals surface area (Å²) in [5, 5.41) is 17.2. The average molecular weight is 464 g/mol. The number of hydrazone groups is 1. The molecule has 1 heterocycles. The standard InChI is InChI=1S/C23H21N5O4S/c1-27(2)18-10-8-16(9-11-18)14-20(25-22(29)17-6-4-3-5-7-17)23(30)26-24-15-19-12-13-21(33-19)28(31)32/h3-15H,1-2H3,(H,25,29)(H,26,30). The second kappa shape index (κ2) is 10.8. The van der Waals surface area contributed by atoms with Gasteiger partial charge in [0, 0.05) is 31.4 Å². The summed E-state index contributed by atoms with van der Waals surface area (Å²) in [5.41, 5.74) is 4.44. The van der Waals surface area contributed by atoms with Crippen LogP contribution in [0, 0.1) is 10.1 Å². The van der Waals surface area contributed by atoms with Gasteiger partial charge < -0.3 is 10.2 Å². The van der Waals surface area contributed by atoms with Gasteiger partial charge in [-0.15, -0.1) is 0 Å². The van der Waals surface area contributed by atoms with Gasteiger partial charge in [0.25, 0.3) is 11.8 Å². The molecule has 0 atom stereocenters. The molecule has 0 aliphatic rings. The number of amides is 2. The van der Waals surface area contributed by atoms with Crippen molar-refractivity contribution in [1.29, 1.82) is 0 Å². The molecular weight excluding hydrogens is 442 g/mol. The van der Waals surface area contributed by atoms with E-state index in [1.807, 2.05) is 43.3 Å². The van der Waals surface area contributed by atoms with E-state index in [-0.39, 0.29) is 10.7 Å². The lowest BCUT2D eigenvalue weighted by Gasteiger charge is -2.12. The zero-order valence-electron chi connectivity index (χ0n) is 17.9. The van der Waals surface area contributed by atoms with Gasteiger partial charge in [0.05, 0.1) is 16.0 Å². The quantitative estimate of drug-likeness (QED) is 0.229. The Hall–Kier alpha value is -4.31. The molecule has 33 heavy (non-hydrogen) atoms. The van der Waals surface area contributed by atoms with Crippen LogP contribution in [-0.2, 0) is 4.79 Å². The van der Waals surface area contributed by atoms with Crippen molar-refractivity contribution >= 4 is 46.1 Å². The van der Waals surface area contributed by atoms with E-state index in [9.17, 15) is 19.7 Å². The minimum absolute atomic E-state index is 0.00392. The van der Waals surface area contributed by atoms with Crippen molar-refractivity contribution in [1.82, 2.24) is 10.7 Å². The Kier molecular flexibility index (Phi) is 7.66. The molecule has 0 saturated heterocycles. The molecule has 2 amide bonds. The topological polar surface area (TPSA) is 117 Å². The zero-order valence-corrected chi connectivity index (χ0v) is 18.7. The fourth-order valence-corrected chi connectivity index (χ4v) is 3.40. The Morgan fingerprint density at radius 3 is 2.33 bits per heavy atom. The van der Waals surface area contributed by atoms with Crippen LogP contribution >= 0.6 is 11.3 Å². The van der Waals surface area contributed by atoms with Crippen LogP contribution in [0.5, 0.6) is 0 Å². The van der Waals surface area contributed by atoms with Gasteiger partial charge in [-0.1, -0.05) is 41.7 Å². The summed E-state index contributed by atoms with van der Waals surface area (Å²) >= 11 is 0.927. The van der Waals surface area contributed by atoms with Crippen LogP contribution in [0.25, 0.3) is 6.08 Å². The Morgan fingerprint density at radius 1 is 1.03 bits per heavy atom. The Bertz CT molecular complexity index is 1200. The third-order valence-corrected chi connectivity index (χ3v) is 5.37. The molecule has 0 spiro atoms. The maximum Gasteiger partial charge on any atom is 0.324 e. The zero-order chi connectivity index (χ0) is 23.8. The number of carbonyl (C=O) groups is 2. The van der Waals surface area contributed by atoms with Gasteiger partial charge in [0.15, 0.2) is 0 Å². The number of carbonyl (C=O) groups excluding carboxylic acids is 2. The maximum absolute atomic E-state index is 12.8. The Balaban J connectivity index is 1.80. The van der Waals surface area contributed by atoms with Gasteiger partial charge in [-0.2, -0.15) is 5.10 Å². The van der Waals surface area contributed by atoms with Gasteiger partial charge in [-0.25, -0.2) is 5.43 Å². The van der Waals surface area contributed by atoms with Crippen molar-refractivity contribution in [3.63, 3.8) is 0 Å². The third kappa shape index (κ3) is 6.58. The molecule has 2 N–H and O–H groups in total. The molecule has 3 rings (SSSR count). The fourth-order valence-electron chi connectivity index (χ4n) is 2.70. The van der Waals surface area contributed by atoms with Crippen LogP contribution < -0.4 is 15.6 Å². The summed E-state index contributed by atoms with van der Waals surface area (Å²) in [6.07, 6.45) is 2.85. The lowest BCUT2D eigenvalue weighted by Crippen LogP contribution is -2.32. The van der Waals surface area contributed by atoms with Crippen molar-refractivity contribution in [3.8, 4) is 0 Å². The van der Waals surface area contributed by atoms with E-state index < -0.39 is 16.7 Å². The molecule has 0 fully saturated rings. The molecule has 9 nitrogen and oxygen atoms in total. The van der Waals surface area contributed by atoms with E-state index in [0.29, 0.717) is 16.0 Å². The smallest absolute Gasteiger partial charge is 0.324 e. The van der Waals surface area contributed by atoms with E-state index in [0.717, 1.165) is 17.0 Å². The van der Waals surface area contributed by atoms with Crippen LogP contribution in [0.3, 0.4) is 0 Å². The largest absolute Gasteiger partial charge is 0.378 e. The van der Waals surface area contributed by atoms with Crippen LogP contribution in [0.15, 0.2) is 77.5 Å². The van der Waals surface area contributed by atoms with Crippen molar-refractivity contribution < 1.29 is 14.5 Å². The molecule has 0 radical (unpaired) electrons. The van der Waals surface area contributed by atoms with Crippen molar-refractivity contribution in [2.24, 2.45) is 5.10 Å². The van der Waals surface area contributed by atoms with E-state index in [2.05, 4.69) is 15.8 Å². The number of nitro groups is 1. The van der Waals surface area contributed by atoms with E-state index >= 15 is 0 Å². The number of anilines is 1. The minimum atomic E-state index is -0.640. The van der Waals surface area contributed by atoms with E-state index in [1.54, 1.807) is 36.4 Å². The SMILES string of the molecule is CN(C)c1ccc(C=C(NC(=O)c2ccccc2)C(=O)NN=Cc2ccc([N+](=O)[O-])s2)cc1. The number of rotatable bonds is 8. The fraction of sp³-hybridized carbons (Fsp3) is 0.0870. The molecule has 0 aliphatic heterocycles. The first-order valence-electron chi connectivity index (χ1n) is 9.76. The van der Waals surface area contributed by atoms with Crippen LogP contribution in [0.1, 0.15) is 20.8 Å². The molecule has 10 heteroatoms. The lowest BCUT2D eigenvalue weighted by atomic mass is 10.1. The predicted molar refractivity (Wildman–Crippen MR) is 129 cm³/mol. The number of hydrogen-bond acceptors (Lipinski definition) is 7. The first kappa shape index (κ1) is 23.4. The summed E-state index contributed by atoms with van der Waals surface area (Å²) in [6.45, 7) is 0. The second-order valence-electron chi connectivity index (χ2n) is 7.00. The number of hydrogen-bond donors (Lipinski definition) is 2. The van der Waals surface area contributed by atoms with Crippen molar-refractivity contribution in [2.45, 2.75) is 0 Å². The first-order chi connectivity index (χ1) is 15.8. The van der Waals surface area contributed by atoms with Crippen LogP contribution in [0.4, 0.5) is 10.7 Å². The highest BCUT2D eigenvalue weighted by Crippen LogP contribution is 2.22. The Labute approximate surface area is 194 Å². The summed E-state index contributed by atoms with van der Waals surface area (Å²) in [7, 11) is 3.84. The summed E-state index contributed by atoms with van der Waals surface area (Å²) in [6, 6.07) is 18.8. The normalized spacial score (nSPS) is 11.3. The predicted octanol–water partition coefficient (Wildman–Crippen LogP) is 3.64. The van der Waals surface area contributed by atoms with E-state index in [1.165, 1.54) is 18.3 Å². The highest BCUT2D eigenvalue weighted by Gasteiger charge is 2.15. The highest BCUT2D eigenvalue weighted by atomic mass is 32.1. The first-order valence-corrected chi connectivity index (χ1v) is 10.6. The summed E-state index contributed by atoms with van der Waals surface area (Å²) in [5.74, 6) is -1.09. The summed E-state index contributed by atoms with van der Waals surface area (Å²) in [4.78, 5) is 38.1. The molecule has 0 bridgehead atoms. The van der Waals surface area contributed by atoms with Gasteiger partial charge in [-0.05, 0) is 42.0 Å². The maximum atomic E-state index is 12.8. The van der Waals surface area contributed by atoms with Gasteiger partial charge >= 0.3 is 5.00 Å². The van der Waals surface area contributed by atoms with Crippen molar-refractivity contribution in [3.05, 3.63) is 98.5 Å². The number of nitrogens with one attached hydrogen (secondary N) is 2. The molecule has 0 aliphatic carbocycles. The third-order valence-electron chi connectivity index (χ3n) is 4.40. The van der Waals surface area contributed by atoms with Crippen molar-refractivity contribution in [2.75, 3.05) is 19.0 Å². The molecule has 1 aromatic heterocycles. The van der Waals surface area contributed by atoms with Gasteiger partial charge in [0.1, 0.15) is 5.70 Å². The van der Waals surface area contributed by atoms with Crippen LogP contribution in [-0.4, -0.2) is 37.0 Å².